The molecule has 0 radical (unpaired) electrons. The number of hydrogen-bond donors (Lipinski definition) is 5. The quantitative estimate of drug-likeness (QED) is 0.0592. The zero-order valence-corrected chi connectivity index (χ0v) is 40.5. The van der Waals surface area contributed by atoms with E-state index in [9.17, 15) is 37.5 Å². The van der Waals surface area contributed by atoms with Crippen LogP contribution in [0.4, 0.5) is 21.5 Å². The number of halogens is 2. The number of carboxylic acid groups (broad SMARTS) is 2. The number of anilines is 3. The Balaban J connectivity index is 0.00000214. The summed E-state index contributed by atoms with van der Waals surface area (Å²) in [6.45, 7) is 4.38. The van der Waals surface area contributed by atoms with Crippen LogP contribution in [0.3, 0.4) is 0 Å². The van der Waals surface area contributed by atoms with Crippen LogP contribution in [-0.4, -0.2) is 103 Å². The zero-order chi connectivity index (χ0) is 50.2. The number of benzene rings is 4. The van der Waals surface area contributed by atoms with Crippen molar-refractivity contribution in [3.63, 3.8) is 0 Å². The number of carboxylic acids is 2. The lowest BCUT2D eigenvalue weighted by Gasteiger charge is -2.45. The van der Waals surface area contributed by atoms with Gasteiger partial charge in [-0.1, -0.05) is 41.9 Å². The van der Waals surface area contributed by atoms with E-state index in [1.54, 1.807) is 36.4 Å². The molecule has 21 heteroatoms. The van der Waals surface area contributed by atoms with E-state index in [0.29, 0.717) is 53.3 Å². The molecule has 2 unspecified atom stereocenters. The third kappa shape index (κ3) is 9.90. The van der Waals surface area contributed by atoms with Gasteiger partial charge in [0.05, 0.1) is 16.3 Å². The average molecular weight is 1020 g/mol. The molecular formula is C49H50ClFN6O11S2. The van der Waals surface area contributed by atoms with Crippen LogP contribution < -0.4 is 30.9 Å². The Hall–Kier alpha value is -6.61. The number of nitrogens with zero attached hydrogens (tertiary/aromatic N) is 3. The first kappa shape index (κ1) is 49.8. The van der Waals surface area contributed by atoms with Gasteiger partial charge in [-0.2, -0.15) is 4.31 Å². The summed E-state index contributed by atoms with van der Waals surface area (Å²) < 4.78 is 50.5. The highest BCUT2D eigenvalue weighted by Crippen LogP contribution is 2.47. The first-order valence-corrected chi connectivity index (χ1v) is 25.3. The van der Waals surface area contributed by atoms with Crippen LogP contribution in [0.15, 0.2) is 72.8 Å². The van der Waals surface area contributed by atoms with Crippen LogP contribution in [-0.2, 0) is 35.0 Å². The number of carbonyl (C=O) groups excluding carboxylic acids is 4. The van der Waals surface area contributed by atoms with E-state index in [1.807, 2.05) is 44.2 Å². The molecule has 4 amide bonds. The summed E-state index contributed by atoms with van der Waals surface area (Å²) in [6, 6.07) is 20.4. The number of sulfonamides is 1. The highest BCUT2D eigenvalue weighted by atomic mass is 35.5. The maximum Gasteiger partial charge on any atom is 0.349 e. The van der Waals surface area contributed by atoms with Crippen LogP contribution in [0.5, 0.6) is 5.75 Å². The van der Waals surface area contributed by atoms with Crippen LogP contribution in [0.25, 0.3) is 21.2 Å². The van der Waals surface area contributed by atoms with Crippen molar-refractivity contribution >= 4 is 96.9 Å². The standard InChI is InChI=1S/C48H47ClFN5O10S2.CH3NO/c1-48(2)23-30(51-29-6-3-5-27(21-29)43-41(49)42(65-24-39(57)58)44(66-43)47(61)62)17-20-54(48)67(63,64)25-28-22-31(9-11-35(28)50)53-18-15-26(16-19-53)32-10-12-36-40-33(32)7-4-8-34(40)46(60)55(36)37-13-14-38(56)52-45(37)59;2-1-3/h3-12,21-22,26,30,37,51H,13-20,23-25H2,1-2H3,(H,57,58)(H,61,62)(H,52,56,59);1H,(H2,2,3). The van der Waals surface area contributed by atoms with E-state index in [0.717, 1.165) is 46.2 Å². The lowest BCUT2D eigenvalue weighted by Crippen LogP contribution is -2.55. The predicted octanol–water partition coefficient (Wildman–Crippen LogP) is 6.96. The minimum Gasteiger partial charge on any atom is -0.479 e. The molecule has 70 heavy (non-hydrogen) atoms. The van der Waals surface area contributed by atoms with E-state index in [4.69, 9.17) is 26.2 Å². The van der Waals surface area contributed by atoms with Gasteiger partial charge < -0.3 is 30.9 Å². The molecule has 2 atom stereocenters. The molecule has 6 N–H and O–H groups in total. The van der Waals surface area contributed by atoms with E-state index < -0.39 is 57.6 Å². The summed E-state index contributed by atoms with van der Waals surface area (Å²) in [5.74, 6) is -4.85. The Labute approximate surface area is 411 Å². The minimum atomic E-state index is -3.99. The topological polar surface area (TPSA) is 246 Å². The van der Waals surface area contributed by atoms with Crippen molar-refractivity contribution < 1.29 is 56.5 Å². The zero-order valence-electron chi connectivity index (χ0n) is 38.1. The molecule has 4 aliphatic rings. The van der Waals surface area contributed by atoms with E-state index >= 15 is 4.39 Å². The van der Waals surface area contributed by atoms with Gasteiger partial charge in [0.15, 0.2) is 17.2 Å². The van der Waals surface area contributed by atoms with Crippen LogP contribution in [0.2, 0.25) is 5.02 Å². The second kappa shape index (κ2) is 20.0. The third-order valence-corrected chi connectivity index (χ3v) is 16.9. The maximum atomic E-state index is 15.5. The molecule has 0 saturated carbocycles. The second-order valence-corrected chi connectivity index (χ2v) is 21.5. The van der Waals surface area contributed by atoms with Crippen molar-refractivity contribution in [1.29, 1.82) is 0 Å². The fraction of sp³-hybridized carbons (Fsp3) is 0.347. The van der Waals surface area contributed by atoms with Crippen molar-refractivity contribution in [2.45, 2.75) is 81.7 Å². The Bertz CT molecular complexity index is 3050. The van der Waals surface area contributed by atoms with Gasteiger partial charge >= 0.3 is 11.9 Å². The first-order chi connectivity index (χ1) is 33.3. The molecule has 5 heterocycles. The second-order valence-electron chi connectivity index (χ2n) is 18.2. The van der Waals surface area contributed by atoms with E-state index in [2.05, 4.69) is 21.3 Å². The molecule has 4 aromatic carbocycles. The number of aromatic carboxylic acids is 1. The number of thiophene rings is 1. The number of amides is 4. The normalized spacial score (nSPS) is 19.3. The van der Waals surface area contributed by atoms with Crippen molar-refractivity contribution in [3.05, 3.63) is 105 Å². The van der Waals surface area contributed by atoms with Gasteiger partial charge in [-0.15, -0.1) is 11.3 Å². The molecule has 368 valence electrons. The van der Waals surface area contributed by atoms with Crippen molar-refractivity contribution in [3.8, 4) is 16.2 Å². The lowest BCUT2D eigenvalue weighted by molar-refractivity contribution is -0.139. The van der Waals surface area contributed by atoms with E-state index in [1.165, 1.54) is 15.3 Å². The molecule has 17 nitrogen and oxygen atoms in total. The van der Waals surface area contributed by atoms with E-state index in [-0.39, 0.29) is 70.8 Å². The molecule has 0 bridgehead atoms. The molecule has 3 saturated heterocycles. The molecule has 5 aromatic rings. The van der Waals surface area contributed by atoms with Gasteiger partial charge in [-0.05, 0) is 111 Å². The number of nitrogens with two attached hydrogens (primary N) is 1. The number of ether oxygens (including phenoxy) is 1. The van der Waals surface area contributed by atoms with Gasteiger partial charge in [0.25, 0.3) is 5.91 Å². The van der Waals surface area contributed by atoms with Crippen molar-refractivity contribution in [2.24, 2.45) is 5.73 Å². The number of nitrogens with one attached hydrogen (secondary N) is 2. The largest absolute Gasteiger partial charge is 0.479 e. The smallest absolute Gasteiger partial charge is 0.349 e. The van der Waals surface area contributed by atoms with Crippen LogP contribution in [0, 0.1) is 5.82 Å². The van der Waals surface area contributed by atoms with Gasteiger partial charge in [0, 0.05) is 65.5 Å². The number of primary amides is 1. The number of hydrogen-bond acceptors (Lipinski definition) is 12. The number of imide groups is 1. The molecule has 9 rings (SSSR count). The van der Waals surface area contributed by atoms with Crippen molar-refractivity contribution in [1.82, 2.24) is 9.62 Å². The van der Waals surface area contributed by atoms with Gasteiger partial charge in [-0.25, -0.2) is 22.4 Å². The molecule has 3 fully saturated rings. The summed E-state index contributed by atoms with van der Waals surface area (Å²) in [7, 11) is -3.99. The minimum absolute atomic E-state index is 0.0134. The average Bonchev–Trinajstić information content (AvgIpc) is 3.79. The Kier molecular flexibility index (Phi) is 14.2. The highest BCUT2D eigenvalue weighted by Gasteiger charge is 2.43. The molecule has 1 aromatic heterocycles. The lowest BCUT2D eigenvalue weighted by atomic mass is 9.85. The third-order valence-electron chi connectivity index (χ3n) is 13.2. The van der Waals surface area contributed by atoms with Crippen LogP contribution in [0.1, 0.15) is 89.4 Å². The molecule has 0 spiro atoms. The Morgan fingerprint density at radius 1 is 1.00 bits per heavy atom. The summed E-state index contributed by atoms with van der Waals surface area (Å²) in [6.07, 6.45) is 3.06. The maximum absolute atomic E-state index is 15.5. The highest BCUT2D eigenvalue weighted by molar-refractivity contribution is 7.88. The van der Waals surface area contributed by atoms with Gasteiger partial charge in [-0.3, -0.25) is 29.4 Å². The van der Waals surface area contributed by atoms with Crippen molar-refractivity contribution in [2.75, 3.05) is 41.4 Å². The molecular weight excluding hydrogens is 967 g/mol. The summed E-state index contributed by atoms with van der Waals surface area (Å²) in [5, 5.41) is 26.4. The summed E-state index contributed by atoms with van der Waals surface area (Å²) in [5.41, 5.74) is 7.69. The van der Waals surface area contributed by atoms with Gasteiger partial charge in [0.1, 0.15) is 16.9 Å². The predicted molar refractivity (Wildman–Crippen MR) is 263 cm³/mol. The Morgan fingerprint density at radius 2 is 1.73 bits per heavy atom. The summed E-state index contributed by atoms with van der Waals surface area (Å²) >= 11 is 7.39. The monoisotopic (exact) mass is 1020 g/mol. The fourth-order valence-electron chi connectivity index (χ4n) is 10.2. The fourth-order valence-corrected chi connectivity index (χ4v) is 13.6. The number of carbonyl (C=O) groups is 6. The Morgan fingerprint density at radius 3 is 2.41 bits per heavy atom. The van der Waals surface area contributed by atoms with Crippen LogP contribution >= 0.6 is 22.9 Å². The van der Waals surface area contributed by atoms with Gasteiger partial charge in [0.2, 0.25) is 28.2 Å². The molecule has 0 aliphatic carbocycles. The summed E-state index contributed by atoms with van der Waals surface area (Å²) in [4.78, 5) is 73.8. The number of rotatable bonds is 13. The number of piperidine rings is 3. The number of aliphatic carboxylic acids is 1. The SMILES string of the molecule is CC1(C)CC(Nc2cccc(-c3sc(C(=O)O)c(OCC(=O)O)c3Cl)c2)CCN1S(=O)(=O)Cc1cc(N2CCC(c3ccc4c5c(cccc35)C(=O)N4C3CCC(=O)NC3=O)CC2)ccc1F.NC=O. The first-order valence-electron chi connectivity index (χ1n) is 22.5. The molecule has 4 aliphatic heterocycles.